The van der Waals surface area contributed by atoms with Crippen molar-refractivity contribution >= 4 is 28.2 Å². The van der Waals surface area contributed by atoms with E-state index in [0.29, 0.717) is 18.2 Å². The number of hydrogen-bond donors (Lipinski definition) is 2. The lowest BCUT2D eigenvalue weighted by Gasteiger charge is -2.18. The maximum atomic E-state index is 9.35. The average molecular weight is 373 g/mol. The minimum absolute atomic E-state index is 0.330. The fraction of sp³-hybridized carbons (Fsp3) is 0.333. The van der Waals surface area contributed by atoms with Crippen LogP contribution in [0, 0.1) is 16.7 Å². The molecular weight excluding hydrogens is 350 g/mol. The number of nitrogens with zero attached hydrogens (tertiary/aromatic N) is 5. The second-order valence-corrected chi connectivity index (χ2v) is 7.35. The van der Waals surface area contributed by atoms with Crippen molar-refractivity contribution in [3.63, 3.8) is 0 Å². The lowest BCUT2D eigenvalue weighted by molar-refractivity contribution is 0.391. The molecule has 1 fully saturated rings. The topological polar surface area (TPSA) is 93.6 Å². The van der Waals surface area contributed by atoms with Crippen molar-refractivity contribution < 1.29 is 0 Å². The van der Waals surface area contributed by atoms with Crippen LogP contribution in [-0.2, 0) is 6.54 Å². The number of pyridine rings is 1. The van der Waals surface area contributed by atoms with Gasteiger partial charge in [0, 0.05) is 30.4 Å². The van der Waals surface area contributed by atoms with Crippen LogP contribution in [0.1, 0.15) is 30.8 Å². The number of fused-ring (bicyclic) bond motifs is 3. The number of rotatable bonds is 5. The Kier molecular flexibility index (Phi) is 4.80. The molecule has 2 N–H and O–H groups in total. The second kappa shape index (κ2) is 7.41. The van der Waals surface area contributed by atoms with Crippen molar-refractivity contribution in [3.05, 3.63) is 47.6 Å². The molecule has 3 aromatic rings. The molecular formula is C21H23N7. The molecule has 7 heteroatoms. The number of benzene rings is 1. The number of imidazole rings is 1. The number of nitriles is 1. The molecule has 1 aromatic carbocycles. The molecule has 0 aliphatic carbocycles. The molecule has 0 radical (unpaired) electrons. The van der Waals surface area contributed by atoms with Crippen LogP contribution in [0.4, 0.5) is 0 Å². The third kappa shape index (κ3) is 3.23. The third-order valence-corrected chi connectivity index (χ3v) is 5.27. The van der Waals surface area contributed by atoms with E-state index in [4.69, 9.17) is 10.4 Å². The zero-order chi connectivity index (χ0) is 19.7. The van der Waals surface area contributed by atoms with Gasteiger partial charge in [0.15, 0.2) is 0 Å². The fourth-order valence-electron chi connectivity index (χ4n) is 3.88. The van der Waals surface area contributed by atoms with Gasteiger partial charge in [-0.1, -0.05) is 0 Å². The molecule has 0 amide bonds. The normalized spacial score (nSPS) is 17.9. The van der Waals surface area contributed by atoms with Crippen LogP contribution in [0.2, 0.25) is 0 Å². The molecule has 0 bridgehead atoms. The Hall–Kier alpha value is -3.24. The van der Waals surface area contributed by atoms with E-state index in [9.17, 15) is 5.26 Å². The van der Waals surface area contributed by atoms with E-state index in [1.165, 1.54) is 6.21 Å². The molecule has 28 heavy (non-hydrogen) atoms. The van der Waals surface area contributed by atoms with Crippen LogP contribution in [0.5, 0.6) is 0 Å². The summed E-state index contributed by atoms with van der Waals surface area (Å²) in [5.41, 5.74) is 4.25. The Morgan fingerprint density at radius 2 is 2.29 bits per heavy atom. The summed E-state index contributed by atoms with van der Waals surface area (Å²) in [7, 11) is 2.14. The van der Waals surface area contributed by atoms with E-state index in [-0.39, 0.29) is 0 Å². The van der Waals surface area contributed by atoms with Gasteiger partial charge < -0.3 is 20.2 Å². The van der Waals surface area contributed by atoms with Crippen LogP contribution >= 0.6 is 0 Å². The van der Waals surface area contributed by atoms with Crippen molar-refractivity contribution in [1.29, 1.82) is 10.7 Å². The van der Waals surface area contributed by atoms with Crippen LogP contribution in [0.25, 0.3) is 21.9 Å². The monoisotopic (exact) mass is 373 g/mol. The van der Waals surface area contributed by atoms with Gasteiger partial charge in [0.25, 0.3) is 0 Å². The smallest absolute Gasteiger partial charge is 0.129 e. The van der Waals surface area contributed by atoms with Gasteiger partial charge in [-0.3, -0.25) is 4.98 Å². The van der Waals surface area contributed by atoms with Crippen molar-refractivity contribution in [2.75, 3.05) is 20.1 Å². The van der Waals surface area contributed by atoms with Gasteiger partial charge in [0.05, 0.1) is 35.4 Å². The first-order valence-electron chi connectivity index (χ1n) is 9.39. The highest BCUT2D eigenvalue weighted by molar-refractivity contribution is 6.02. The highest BCUT2D eigenvalue weighted by Crippen LogP contribution is 2.32. The summed E-state index contributed by atoms with van der Waals surface area (Å²) in [5, 5.41) is 20.9. The molecule has 4 rings (SSSR count). The van der Waals surface area contributed by atoms with Crippen LogP contribution in [0.15, 0.2) is 36.2 Å². The Labute approximate surface area is 163 Å². The summed E-state index contributed by atoms with van der Waals surface area (Å²) in [5.74, 6) is 0.945. The van der Waals surface area contributed by atoms with E-state index in [1.54, 1.807) is 6.07 Å². The molecule has 1 aliphatic heterocycles. The highest BCUT2D eigenvalue weighted by atomic mass is 15.2. The molecule has 142 valence electrons. The molecule has 1 aliphatic rings. The van der Waals surface area contributed by atoms with Gasteiger partial charge in [0.2, 0.25) is 0 Å². The van der Waals surface area contributed by atoms with Crippen molar-refractivity contribution in [3.8, 4) is 6.07 Å². The van der Waals surface area contributed by atoms with E-state index >= 15 is 0 Å². The average Bonchev–Trinajstić information content (AvgIpc) is 3.30. The summed E-state index contributed by atoms with van der Waals surface area (Å²) in [4.78, 5) is 11.7. The summed E-state index contributed by atoms with van der Waals surface area (Å²) in [6.45, 7) is 4.47. The fourth-order valence-corrected chi connectivity index (χ4v) is 3.88. The minimum Gasteiger partial charge on any atom is -0.383 e. The predicted octanol–water partition coefficient (Wildman–Crippen LogP) is 2.98. The Bertz CT molecular complexity index is 1120. The van der Waals surface area contributed by atoms with E-state index in [2.05, 4.69) is 32.9 Å². The number of allylic oxidation sites excluding steroid dienone is 1. The molecule has 1 saturated heterocycles. The van der Waals surface area contributed by atoms with Gasteiger partial charge in [-0.05, 0) is 50.7 Å². The maximum absolute atomic E-state index is 9.35. The van der Waals surface area contributed by atoms with Crippen molar-refractivity contribution in [1.82, 2.24) is 24.8 Å². The first kappa shape index (κ1) is 18.1. The zero-order valence-electron chi connectivity index (χ0n) is 16.1. The Morgan fingerprint density at radius 1 is 1.43 bits per heavy atom. The molecule has 1 atom stereocenters. The van der Waals surface area contributed by atoms with Gasteiger partial charge >= 0.3 is 0 Å². The zero-order valence-corrected chi connectivity index (χ0v) is 16.1. The van der Waals surface area contributed by atoms with Crippen molar-refractivity contribution in [2.45, 2.75) is 25.9 Å². The quantitative estimate of drug-likeness (QED) is 0.671. The summed E-state index contributed by atoms with van der Waals surface area (Å²) >= 11 is 0. The molecule has 7 nitrogen and oxygen atoms in total. The van der Waals surface area contributed by atoms with Crippen molar-refractivity contribution in [2.24, 2.45) is 0 Å². The molecule has 0 spiro atoms. The van der Waals surface area contributed by atoms with Gasteiger partial charge in [0.1, 0.15) is 11.3 Å². The predicted molar refractivity (Wildman–Crippen MR) is 110 cm³/mol. The summed E-state index contributed by atoms with van der Waals surface area (Å²) in [6, 6.07) is 8.18. The number of likely N-dealkylation sites (N-methyl/N-ethyl adjacent to an activating group) is 1. The standard InChI is InChI=1S/C21H23N7/c1-14(8-22)10-24-12-20-26-19-11-25-18-4-3-15(9-23)7-17(18)21(19)28(20)16-5-6-27(2)13-16/h3-4,7-8,10-11,16,22,24H,5-6,12-13H2,1-2H3/b14-10-,22-8?. The first-order chi connectivity index (χ1) is 13.6. The van der Waals surface area contributed by atoms with E-state index in [1.807, 2.05) is 31.5 Å². The number of nitrogens with one attached hydrogen (secondary N) is 2. The molecule has 1 unspecified atom stereocenters. The Balaban J connectivity index is 1.89. The minimum atomic E-state index is 0.330. The lowest BCUT2D eigenvalue weighted by atomic mass is 10.1. The number of aromatic nitrogens is 3. The maximum Gasteiger partial charge on any atom is 0.129 e. The highest BCUT2D eigenvalue weighted by Gasteiger charge is 2.26. The van der Waals surface area contributed by atoms with Crippen LogP contribution in [-0.4, -0.2) is 45.8 Å². The van der Waals surface area contributed by atoms with Gasteiger partial charge in [-0.25, -0.2) is 4.98 Å². The SMILES string of the molecule is C/C(C=N)=C/NCc1nc2cnc3ccc(C#N)cc3c2n1C1CCN(C)C1. The number of likely N-dealkylation sites (tertiary alicyclic amines) is 1. The van der Waals surface area contributed by atoms with Crippen LogP contribution < -0.4 is 5.32 Å². The second-order valence-electron chi connectivity index (χ2n) is 7.35. The van der Waals surface area contributed by atoms with Gasteiger partial charge in [-0.15, -0.1) is 0 Å². The Morgan fingerprint density at radius 3 is 3.00 bits per heavy atom. The largest absolute Gasteiger partial charge is 0.383 e. The summed E-state index contributed by atoms with van der Waals surface area (Å²) in [6.07, 6.45) is 6.04. The lowest BCUT2D eigenvalue weighted by Crippen LogP contribution is -2.20. The number of hydrogen-bond acceptors (Lipinski definition) is 6. The molecule has 3 heterocycles. The van der Waals surface area contributed by atoms with Gasteiger partial charge in [-0.2, -0.15) is 5.26 Å². The van der Waals surface area contributed by atoms with E-state index < -0.39 is 0 Å². The summed E-state index contributed by atoms with van der Waals surface area (Å²) < 4.78 is 2.32. The first-order valence-corrected chi connectivity index (χ1v) is 9.39. The van der Waals surface area contributed by atoms with E-state index in [0.717, 1.165) is 52.8 Å². The third-order valence-electron chi connectivity index (χ3n) is 5.27. The van der Waals surface area contributed by atoms with Crippen LogP contribution in [0.3, 0.4) is 0 Å². The molecule has 0 saturated carbocycles. The molecule has 2 aromatic heterocycles.